The van der Waals surface area contributed by atoms with E-state index in [4.69, 9.17) is 10.9 Å². The molecule has 2 aromatic rings. The van der Waals surface area contributed by atoms with Crippen molar-refractivity contribution >= 4 is 17.2 Å². The molecule has 0 amide bonds. The highest BCUT2D eigenvalue weighted by Crippen LogP contribution is 2.23. The number of amidine groups is 1. The number of thiophene rings is 1. The zero-order valence-corrected chi connectivity index (χ0v) is 12.7. The Morgan fingerprint density at radius 2 is 2.19 bits per heavy atom. The van der Waals surface area contributed by atoms with Gasteiger partial charge in [0.25, 0.3) is 0 Å². The first-order chi connectivity index (χ1) is 10.0. The van der Waals surface area contributed by atoms with Crippen LogP contribution in [0.2, 0.25) is 0 Å². The minimum Gasteiger partial charge on any atom is -0.409 e. The van der Waals surface area contributed by atoms with Gasteiger partial charge in [0, 0.05) is 27.9 Å². The Morgan fingerprint density at radius 3 is 2.81 bits per heavy atom. The van der Waals surface area contributed by atoms with Crippen LogP contribution in [0.3, 0.4) is 0 Å². The summed E-state index contributed by atoms with van der Waals surface area (Å²) < 4.78 is 13.3. The van der Waals surface area contributed by atoms with Gasteiger partial charge < -0.3 is 16.3 Å². The van der Waals surface area contributed by atoms with E-state index in [2.05, 4.69) is 36.5 Å². The molecule has 112 valence electrons. The van der Waals surface area contributed by atoms with Gasteiger partial charge in [0.05, 0.1) is 0 Å². The Morgan fingerprint density at radius 1 is 1.43 bits per heavy atom. The van der Waals surface area contributed by atoms with Crippen molar-refractivity contribution in [3.05, 3.63) is 57.0 Å². The highest BCUT2D eigenvalue weighted by Gasteiger charge is 2.11. The number of hydrogen-bond donors (Lipinski definition) is 3. The summed E-state index contributed by atoms with van der Waals surface area (Å²) in [7, 11) is 0. The third-order valence-corrected chi connectivity index (χ3v) is 4.43. The van der Waals surface area contributed by atoms with E-state index in [1.165, 1.54) is 21.9 Å². The number of nitrogens with one attached hydrogen (secondary N) is 1. The number of aryl methyl sites for hydroxylation is 1. The van der Waals surface area contributed by atoms with Crippen LogP contribution >= 0.6 is 11.3 Å². The summed E-state index contributed by atoms with van der Waals surface area (Å²) in [6.07, 6.45) is 0. The Bertz CT molecular complexity index is 654. The van der Waals surface area contributed by atoms with Crippen molar-refractivity contribution in [3.63, 3.8) is 0 Å². The molecule has 1 unspecified atom stereocenters. The lowest BCUT2D eigenvalue weighted by atomic mass is 10.1. The van der Waals surface area contributed by atoms with Gasteiger partial charge in [0.1, 0.15) is 5.82 Å². The zero-order chi connectivity index (χ0) is 15.4. The molecule has 0 bridgehead atoms. The van der Waals surface area contributed by atoms with Crippen LogP contribution < -0.4 is 11.1 Å². The van der Waals surface area contributed by atoms with Gasteiger partial charge >= 0.3 is 0 Å². The van der Waals surface area contributed by atoms with Crippen molar-refractivity contribution in [1.82, 2.24) is 5.32 Å². The Balaban J connectivity index is 2.13. The van der Waals surface area contributed by atoms with Crippen LogP contribution in [-0.4, -0.2) is 11.0 Å². The summed E-state index contributed by atoms with van der Waals surface area (Å²) in [6, 6.07) is 8.62. The van der Waals surface area contributed by atoms with E-state index in [0.29, 0.717) is 12.1 Å². The number of rotatable bonds is 5. The molecule has 0 radical (unpaired) electrons. The minimum absolute atomic E-state index is 0.0917. The van der Waals surface area contributed by atoms with Crippen LogP contribution in [0.1, 0.15) is 33.8 Å². The summed E-state index contributed by atoms with van der Waals surface area (Å²) in [6.45, 7) is 4.64. The number of nitrogens with two attached hydrogens (primary N) is 1. The number of oxime groups is 1. The third-order valence-electron chi connectivity index (χ3n) is 3.24. The van der Waals surface area contributed by atoms with Crippen molar-refractivity contribution in [2.45, 2.75) is 26.4 Å². The maximum atomic E-state index is 13.3. The molecule has 1 atom stereocenters. The average molecular weight is 307 g/mol. The number of nitrogens with zero attached hydrogens (tertiary/aromatic N) is 1. The van der Waals surface area contributed by atoms with Gasteiger partial charge in [-0.15, -0.1) is 11.3 Å². The number of halogens is 1. The van der Waals surface area contributed by atoms with E-state index >= 15 is 0 Å². The Hall–Kier alpha value is -1.92. The summed E-state index contributed by atoms with van der Waals surface area (Å²) >= 11 is 1.74. The normalized spacial score (nSPS) is 13.4. The van der Waals surface area contributed by atoms with Crippen LogP contribution in [0, 0.1) is 12.7 Å². The third kappa shape index (κ3) is 3.80. The summed E-state index contributed by atoms with van der Waals surface area (Å²) in [4.78, 5) is 2.50. The van der Waals surface area contributed by atoms with Crippen molar-refractivity contribution in [3.8, 4) is 0 Å². The van der Waals surface area contributed by atoms with E-state index in [0.717, 1.165) is 5.56 Å². The Kier molecular flexibility index (Phi) is 4.93. The largest absolute Gasteiger partial charge is 0.409 e. The molecule has 21 heavy (non-hydrogen) atoms. The maximum absolute atomic E-state index is 13.3. The first-order valence-electron chi connectivity index (χ1n) is 6.57. The molecule has 6 heteroatoms. The Labute approximate surface area is 127 Å². The molecule has 0 spiro atoms. The second kappa shape index (κ2) is 6.69. The standard InChI is InChI=1S/C15H18FN3OS/c1-9-3-6-14(21-9)10(2)18-8-11-4-5-12(16)7-13(11)15(17)19-20/h3-7,10,18,20H,8H2,1-2H3,(H2,17,19). The lowest BCUT2D eigenvalue weighted by Gasteiger charge is -2.14. The molecule has 1 heterocycles. The van der Waals surface area contributed by atoms with E-state index < -0.39 is 5.82 Å². The molecule has 0 saturated heterocycles. The van der Waals surface area contributed by atoms with Crippen LogP contribution in [0.25, 0.3) is 0 Å². The molecule has 1 aromatic carbocycles. The SMILES string of the molecule is Cc1ccc(C(C)NCc2ccc(F)cc2C(N)=NO)s1. The molecular formula is C15H18FN3OS. The topological polar surface area (TPSA) is 70.6 Å². The van der Waals surface area contributed by atoms with Gasteiger partial charge in [0.15, 0.2) is 5.84 Å². The van der Waals surface area contributed by atoms with E-state index in [1.807, 2.05) is 0 Å². The molecule has 0 aliphatic carbocycles. The van der Waals surface area contributed by atoms with Crippen molar-refractivity contribution in [1.29, 1.82) is 0 Å². The van der Waals surface area contributed by atoms with Crippen LogP contribution in [-0.2, 0) is 6.54 Å². The average Bonchev–Trinajstić information content (AvgIpc) is 2.91. The van der Waals surface area contributed by atoms with Crippen LogP contribution in [0.15, 0.2) is 35.5 Å². The zero-order valence-electron chi connectivity index (χ0n) is 11.9. The van der Waals surface area contributed by atoms with Crippen LogP contribution in [0.5, 0.6) is 0 Å². The second-order valence-corrected chi connectivity index (χ2v) is 6.16. The van der Waals surface area contributed by atoms with Gasteiger partial charge in [-0.3, -0.25) is 0 Å². The molecule has 4 N–H and O–H groups in total. The molecule has 2 rings (SSSR count). The van der Waals surface area contributed by atoms with Gasteiger partial charge in [-0.05, 0) is 43.7 Å². The summed E-state index contributed by atoms with van der Waals surface area (Å²) in [5, 5.41) is 15.1. The molecule has 4 nitrogen and oxygen atoms in total. The first kappa shape index (κ1) is 15.5. The van der Waals surface area contributed by atoms with E-state index in [1.54, 1.807) is 17.4 Å². The lowest BCUT2D eigenvalue weighted by Crippen LogP contribution is -2.22. The maximum Gasteiger partial charge on any atom is 0.170 e. The van der Waals surface area contributed by atoms with Gasteiger partial charge in [-0.25, -0.2) is 4.39 Å². The monoisotopic (exact) mass is 307 g/mol. The molecular weight excluding hydrogens is 289 g/mol. The van der Waals surface area contributed by atoms with E-state index in [9.17, 15) is 4.39 Å². The number of benzene rings is 1. The quantitative estimate of drug-likeness (QED) is 0.344. The smallest absolute Gasteiger partial charge is 0.170 e. The van der Waals surface area contributed by atoms with Crippen LogP contribution in [0.4, 0.5) is 4.39 Å². The minimum atomic E-state index is -0.415. The first-order valence-corrected chi connectivity index (χ1v) is 7.39. The van der Waals surface area contributed by atoms with Crippen molar-refractivity contribution in [2.24, 2.45) is 10.9 Å². The fraction of sp³-hybridized carbons (Fsp3) is 0.267. The molecule has 0 aliphatic heterocycles. The number of hydrogen-bond acceptors (Lipinski definition) is 4. The van der Waals surface area contributed by atoms with E-state index in [-0.39, 0.29) is 11.9 Å². The summed E-state index contributed by atoms with van der Waals surface area (Å²) in [5.41, 5.74) is 6.78. The molecule has 0 saturated carbocycles. The predicted molar refractivity (Wildman–Crippen MR) is 83.2 cm³/mol. The van der Waals surface area contributed by atoms with Crippen molar-refractivity contribution in [2.75, 3.05) is 0 Å². The van der Waals surface area contributed by atoms with Gasteiger partial charge in [-0.1, -0.05) is 11.2 Å². The fourth-order valence-electron chi connectivity index (χ4n) is 2.04. The van der Waals surface area contributed by atoms with Gasteiger partial charge in [0.2, 0.25) is 0 Å². The van der Waals surface area contributed by atoms with Gasteiger partial charge in [-0.2, -0.15) is 0 Å². The molecule has 0 fully saturated rings. The lowest BCUT2D eigenvalue weighted by molar-refractivity contribution is 0.318. The summed E-state index contributed by atoms with van der Waals surface area (Å²) in [5.74, 6) is -0.506. The highest BCUT2D eigenvalue weighted by atomic mass is 32.1. The predicted octanol–water partition coefficient (Wildman–Crippen LogP) is 3.14. The van der Waals surface area contributed by atoms with Crippen molar-refractivity contribution < 1.29 is 9.60 Å². The second-order valence-electron chi connectivity index (χ2n) is 4.84. The molecule has 1 aromatic heterocycles. The highest BCUT2D eigenvalue weighted by molar-refractivity contribution is 7.12. The molecule has 0 aliphatic rings. The fourth-order valence-corrected chi connectivity index (χ4v) is 2.95.